The van der Waals surface area contributed by atoms with Crippen molar-refractivity contribution in [1.82, 2.24) is 10.2 Å². The Morgan fingerprint density at radius 2 is 2.04 bits per heavy atom. The molecule has 1 aromatic carbocycles. The maximum absolute atomic E-state index is 12.1. The molecule has 0 radical (unpaired) electrons. The van der Waals surface area contributed by atoms with Gasteiger partial charge in [0, 0.05) is 19.7 Å². The van der Waals surface area contributed by atoms with Gasteiger partial charge < -0.3 is 20.1 Å². The third-order valence-electron chi connectivity index (χ3n) is 4.34. The summed E-state index contributed by atoms with van der Waals surface area (Å²) in [6, 6.07) is 7.98. The quantitative estimate of drug-likeness (QED) is 0.792. The van der Waals surface area contributed by atoms with Gasteiger partial charge in [0.15, 0.2) is 0 Å². The minimum absolute atomic E-state index is 0.0397. The Morgan fingerprint density at radius 3 is 2.70 bits per heavy atom. The predicted molar refractivity (Wildman–Crippen MR) is 90.8 cm³/mol. The lowest BCUT2D eigenvalue weighted by Gasteiger charge is -2.31. The molecule has 2 rings (SSSR count). The number of para-hydroxylation sites is 1. The highest BCUT2D eigenvalue weighted by Crippen LogP contribution is 2.25. The molecule has 0 spiro atoms. The number of piperidine rings is 1. The molecule has 0 bridgehead atoms. The third kappa shape index (κ3) is 5.13. The van der Waals surface area contributed by atoms with Crippen molar-refractivity contribution in [3.05, 3.63) is 29.8 Å². The Labute approximate surface area is 138 Å². The molecule has 23 heavy (non-hydrogen) atoms. The van der Waals surface area contributed by atoms with E-state index in [4.69, 9.17) is 9.84 Å². The molecule has 0 aromatic heterocycles. The molecule has 2 N–H and O–H groups in total. The second-order valence-corrected chi connectivity index (χ2v) is 6.39. The van der Waals surface area contributed by atoms with Gasteiger partial charge in [-0.25, -0.2) is 4.79 Å². The number of nitrogens with one attached hydrogen (secondary N) is 1. The number of nitrogens with zero attached hydrogens (tertiary/aromatic N) is 1. The summed E-state index contributed by atoms with van der Waals surface area (Å²) in [5.74, 6) is 1.64. The van der Waals surface area contributed by atoms with Crippen molar-refractivity contribution in [2.75, 3.05) is 32.8 Å². The summed E-state index contributed by atoms with van der Waals surface area (Å²) >= 11 is 0. The van der Waals surface area contributed by atoms with Gasteiger partial charge in [-0.1, -0.05) is 32.0 Å². The van der Waals surface area contributed by atoms with E-state index in [1.54, 1.807) is 0 Å². The summed E-state index contributed by atoms with van der Waals surface area (Å²) in [7, 11) is 0. The third-order valence-corrected chi connectivity index (χ3v) is 4.34. The molecule has 1 aliphatic heterocycles. The molecule has 0 atom stereocenters. The fourth-order valence-corrected chi connectivity index (χ4v) is 2.84. The van der Waals surface area contributed by atoms with E-state index in [0.717, 1.165) is 18.6 Å². The van der Waals surface area contributed by atoms with E-state index >= 15 is 0 Å². The fourth-order valence-electron chi connectivity index (χ4n) is 2.84. The summed E-state index contributed by atoms with van der Waals surface area (Å²) in [6.45, 7) is 6.88. The number of likely N-dealkylation sites (tertiary alicyclic amines) is 1. The van der Waals surface area contributed by atoms with Gasteiger partial charge in [-0.3, -0.25) is 0 Å². The van der Waals surface area contributed by atoms with Crippen LogP contribution in [0.3, 0.4) is 0 Å². The van der Waals surface area contributed by atoms with Crippen LogP contribution in [0, 0.1) is 5.92 Å². The molecule has 1 fully saturated rings. The highest BCUT2D eigenvalue weighted by atomic mass is 16.5. The van der Waals surface area contributed by atoms with Crippen LogP contribution in [0.1, 0.15) is 38.2 Å². The number of rotatable bonds is 6. The highest BCUT2D eigenvalue weighted by molar-refractivity contribution is 5.74. The average molecular weight is 320 g/mol. The fraction of sp³-hybridized carbons (Fsp3) is 0.611. The van der Waals surface area contributed by atoms with Crippen LogP contribution >= 0.6 is 0 Å². The van der Waals surface area contributed by atoms with Gasteiger partial charge in [0.05, 0.1) is 6.54 Å². The second-order valence-electron chi connectivity index (χ2n) is 6.39. The van der Waals surface area contributed by atoms with E-state index < -0.39 is 0 Å². The molecule has 5 nitrogen and oxygen atoms in total. The van der Waals surface area contributed by atoms with E-state index in [2.05, 4.69) is 25.2 Å². The van der Waals surface area contributed by atoms with E-state index in [0.29, 0.717) is 38.1 Å². The van der Waals surface area contributed by atoms with Gasteiger partial charge in [0.2, 0.25) is 0 Å². The van der Waals surface area contributed by atoms with Crippen molar-refractivity contribution in [2.24, 2.45) is 5.92 Å². The zero-order chi connectivity index (χ0) is 16.7. The Kier molecular flexibility index (Phi) is 6.71. The summed E-state index contributed by atoms with van der Waals surface area (Å²) in [4.78, 5) is 13.9. The topological polar surface area (TPSA) is 61.8 Å². The Bertz CT molecular complexity index is 497. The largest absolute Gasteiger partial charge is 0.491 e. The first-order valence-corrected chi connectivity index (χ1v) is 8.47. The van der Waals surface area contributed by atoms with Crippen LogP contribution in [0.15, 0.2) is 24.3 Å². The van der Waals surface area contributed by atoms with E-state index in [1.807, 2.05) is 23.1 Å². The molecular formula is C18H28N2O3. The normalized spacial score (nSPS) is 15.7. The van der Waals surface area contributed by atoms with E-state index in [9.17, 15) is 4.79 Å². The molecular weight excluding hydrogens is 292 g/mol. The number of hydrogen-bond donors (Lipinski definition) is 2. The van der Waals surface area contributed by atoms with Crippen LogP contribution in [-0.4, -0.2) is 48.9 Å². The summed E-state index contributed by atoms with van der Waals surface area (Å²) in [5.41, 5.74) is 1.19. The van der Waals surface area contributed by atoms with Gasteiger partial charge in [-0.2, -0.15) is 0 Å². The van der Waals surface area contributed by atoms with Crippen LogP contribution in [0.5, 0.6) is 5.75 Å². The van der Waals surface area contributed by atoms with Crippen LogP contribution in [0.4, 0.5) is 4.79 Å². The van der Waals surface area contributed by atoms with Gasteiger partial charge in [0.1, 0.15) is 12.4 Å². The number of benzene rings is 1. The van der Waals surface area contributed by atoms with Gasteiger partial charge >= 0.3 is 6.03 Å². The van der Waals surface area contributed by atoms with Gasteiger partial charge in [0.25, 0.3) is 0 Å². The number of aliphatic hydroxyl groups excluding tert-OH is 1. The number of urea groups is 1. The molecule has 5 heteroatoms. The second kappa shape index (κ2) is 8.77. The Morgan fingerprint density at radius 1 is 1.35 bits per heavy atom. The Hall–Kier alpha value is -1.75. The van der Waals surface area contributed by atoms with Crippen LogP contribution in [0.25, 0.3) is 0 Å². The summed E-state index contributed by atoms with van der Waals surface area (Å²) < 4.78 is 5.80. The molecule has 1 aliphatic rings. The van der Waals surface area contributed by atoms with Crippen LogP contribution < -0.4 is 10.1 Å². The molecule has 128 valence electrons. The molecule has 1 aromatic rings. The maximum atomic E-state index is 12.1. The van der Waals surface area contributed by atoms with Crippen molar-refractivity contribution < 1.29 is 14.6 Å². The summed E-state index contributed by atoms with van der Waals surface area (Å²) in [6.07, 6.45) is 1.75. The van der Waals surface area contributed by atoms with Crippen molar-refractivity contribution in [2.45, 2.75) is 32.6 Å². The number of carbonyl (C=O) groups is 1. The van der Waals surface area contributed by atoms with Gasteiger partial charge in [-0.15, -0.1) is 0 Å². The maximum Gasteiger partial charge on any atom is 0.317 e. The van der Waals surface area contributed by atoms with E-state index in [1.165, 1.54) is 5.56 Å². The summed E-state index contributed by atoms with van der Waals surface area (Å²) in [5, 5.41) is 12.0. The zero-order valence-corrected chi connectivity index (χ0v) is 14.1. The number of ether oxygens (including phenoxy) is 1. The molecule has 0 unspecified atom stereocenters. The Balaban J connectivity index is 1.70. The van der Waals surface area contributed by atoms with Crippen LogP contribution in [-0.2, 0) is 0 Å². The minimum Gasteiger partial charge on any atom is -0.491 e. The van der Waals surface area contributed by atoms with Crippen molar-refractivity contribution >= 4 is 6.03 Å². The lowest BCUT2D eigenvalue weighted by molar-refractivity contribution is 0.136. The molecule has 1 saturated heterocycles. The first kappa shape index (κ1) is 17.6. The average Bonchev–Trinajstić information content (AvgIpc) is 2.58. The number of hydrogen-bond acceptors (Lipinski definition) is 3. The lowest BCUT2D eigenvalue weighted by atomic mass is 9.98. The lowest BCUT2D eigenvalue weighted by Crippen LogP contribution is -2.45. The molecule has 0 saturated carbocycles. The molecule has 2 amide bonds. The van der Waals surface area contributed by atoms with Crippen molar-refractivity contribution in [1.29, 1.82) is 0 Å². The van der Waals surface area contributed by atoms with E-state index in [-0.39, 0.29) is 12.6 Å². The first-order chi connectivity index (χ1) is 11.1. The van der Waals surface area contributed by atoms with Crippen molar-refractivity contribution in [3.63, 3.8) is 0 Å². The number of carbonyl (C=O) groups excluding carboxylic acids is 1. The highest BCUT2D eigenvalue weighted by Gasteiger charge is 2.21. The van der Waals surface area contributed by atoms with Gasteiger partial charge in [-0.05, 0) is 36.3 Å². The van der Waals surface area contributed by atoms with Crippen molar-refractivity contribution in [3.8, 4) is 5.75 Å². The monoisotopic (exact) mass is 320 g/mol. The predicted octanol–water partition coefficient (Wildman–Crippen LogP) is 2.60. The first-order valence-electron chi connectivity index (χ1n) is 8.47. The molecule has 1 heterocycles. The standard InChI is InChI=1S/C18H28N2O3/c1-14(2)16-5-3-4-6-17(16)23-12-9-19-18(22)20-10-7-15(13-21)8-11-20/h3-6,14-15,21H,7-13H2,1-2H3,(H,19,22). The molecule has 0 aliphatic carbocycles. The number of amides is 2. The van der Waals surface area contributed by atoms with Crippen LogP contribution in [0.2, 0.25) is 0 Å². The smallest absolute Gasteiger partial charge is 0.317 e. The SMILES string of the molecule is CC(C)c1ccccc1OCCNC(=O)N1CCC(CO)CC1. The zero-order valence-electron chi connectivity index (χ0n) is 14.1. The minimum atomic E-state index is -0.0397. The number of aliphatic hydroxyl groups is 1.